The Morgan fingerprint density at radius 1 is 0.899 bits per heavy atom. The first-order valence-corrected chi connectivity index (χ1v) is 24.2. The number of unbranched alkanes of at least 4 members (excludes halogenated alkanes) is 4. The van der Waals surface area contributed by atoms with Gasteiger partial charge in [0.1, 0.15) is 35.9 Å². The van der Waals surface area contributed by atoms with Crippen molar-refractivity contribution in [3.63, 3.8) is 0 Å². The number of halogens is 1. The number of fused-ring (bicyclic) bond motifs is 9. The summed E-state index contributed by atoms with van der Waals surface area (Å²) in [6, 6.07) is 9.54. The van der Waals surface area contributed by atoms with Crippen LogP contribution >= 0.6 is 11.6 Å². The van der Waals surface area contributed by atoms with Crippen molar-refractivity contribution in [1.82, 2.24) is 21.3 Å². The second kappa shape index (κ2) is 26.4. The fraction of sp³-hybridized carbons (Fsp3) is 0.529. The fourth-order valence-corrected chi connectivity index (χ4v) is 8.25. The predicted molar refractivity (Wildman–Crippen MR) is 256 cm³/mol. The molecule has 1 fully saturated rings. The molecule has 0 spiro atoms. The molecule has 3 aromatic carbocycles. The molecule has 8 unspecified atom stereocenters. The van der Waals surface area contributed by atoms with E-state index in [1.807, 2.05) is 13.8 Å². The lowest BCUT2D eigenvalue weighted by Crippen LogP contribution is -2.56. The first kappa shape index (κ1) is 54.4. The van der Waals surface area contributed by atoms with Crippen molar-refractivity contribution in [2.45, 2.75) is 154 Å². The Morgan fingerprint density at radius 2 is 1.64 bits per heavy atom. The van der Waals surface area contributed by atoms with Gasteiger partial charge in [0.15, 0.2) is 11.5 Å². The molecule has 5 amide bonds. The van der Waals surface area contributed by atoms with E-state index in [4.69, 9.17) is 30.5 Å². The summed E-state index contributed by atoms with van der Waals surface area (Å²) in [4.78, 5) is 82.2. The van der Waals surface area contributed by atoms with Crippen molar-refractivity contribution in [1.29, 1.82) is 0 Å². The van der Waals surface area contributed by atoms with Gasteiger partial charge in [-0.05, 0) is 71.8 Å². The van der Waals surface area contributed by atoms with Crippen LogP contribution < -0.4 is 35.5 Å². The van der Waals surface area contributed by atoms with Gasteiger partial charge in [-0.2, -0.15) is 0 Å². The summed E-state index contributed by atoms with van der Waals surface area (Å²) in [7, 11) is 0. The van der Waals surface area contributed by atoms with Crippen LogP contribution in [0.2, 0.25) is 5.02 Å². The second-order valence-corrected chi connectivity index (χ2v) is 18.7. The number of benzene rings is 3. The standard InChI is InChI=1S/C51H67ClN4O13/c1-6-7-8-9-10-11-30(4)49(63)56-45(62)25-39-50(64)54-40(28-59)34-21-42(66-36-16-14-33(15-17-36)31(5)47(51(65)53-39)55-44(61)19-12-29(2)3)48(69-46-24-35(60)23-37(27-58)67-46)43(22-34)68-41-18-13-32(26-57)20-38(41)52/h13-18,20-22,28-31,35,37,39-40,46-47,57-58,60H,6-12,19,23-27H2,1-5H3,(H,53,65)(H,54,64)(H,55,61)(H,56,62,63). The minimum absolute atomic E-state index is 0.0118. The summed E-state index contributed by atoms with van der Waals surface area (Å²) in [5, 5.41) is 40.9. The number of hydrogen-bond donors (Lipinski definition) is 7. The molecule has 4 bridgehead atoms. The summed E-state index contributed by atoms with van der Waals surface area (Å²) < 4.78 is 25.2. The molecule has 69 heavy (non-hydrogen) atoms. The molecule has 18 heteroatoms. The highest BCUT2D eigenvalue weighted by Crippen LogP contribution is 2.46. The largest absolute Gasteiger partial charge is 0.457 e. The van der Waals surface area contributed by atoms with E-state index < -0.39 is 91.0 Å². The number of aldehydes is 1. The van der Waals surface area contributed by atoms with E-state index in [0.717, 1.165) is 32.1 Å². The van der Waals surface area contributed by atoms with Crippen LogP contribution in [0.15, 0.2) is 54.6 Å². The molecular formula is C51H67ClN4O13. The third-order valence-electron chi connectivity index (χ3n) is 12.2. The molecule has 7 N–H and O–H groups in total. The second-order valence-electron chi connectivity index (χ2n) is 18.3. The minimum Gasteiger partial charge on any atom is -0.457 e. The van der Waals surface area contributed by atoms with E-state index in [1.54, 1.807) is 44.2 Å². The highest BCUT2D eigenvalue weighted by Gasteiger charge is 2.36. The molecular weight excluding hydrogens is 912 g/mol. The third kappa shape index (κ3) is 16.0. The molecule has 1 saturated heterocycles. The van der Waals surface area contributed by atoms with Gasteiger partial charge in [-0.25, -0.2) is 0 Å². The molecule has 8 atom stereocenters. The zero-order valence-electron chi connectivity index (χ0n) is 40.0. The lowest BCUT2D eigenvalue weighted by Gasteiger charge is -2.33. The molecule has 6 rings (SSSR count). The van der Waals surface area contributed by atoms with Crippen LogP contribution in [0.3, 0.4) is 0 Å². The number of ether oxygens (including phenoxy) is 4. The summed E-state index contributed by atoms with van der Waals surface area (Å²) in [6.07, 6.45) is 3.15. The molecule has 3 aliphatic rings. The summed E-state index contributed by atoms with van der Waals surface area (Å²) >= 11 is 6.61. The van der Waals surface area contributed by atoms with E-state index in [9.17, 15) is 44.1 Å². The topological polar surface area (TPSA) is 248 Å². The molecule has 0 aromatic heterocycles. The van der Waals surface area contributed by atoms with E-state index in [1.165, 1.54) is 24.3 Å². The Bertz CT molecular complexity index is 2240. The van der Waals surface area contributed by atoms with E-state index in [0.29, 0.717) is 30.3 Å². The number of rotatable bonds is 20. The number of carbonyl (C=O) groups excluding carboxylic acids is 6. The SMILES string of the molecule is CCCCCCCC(C)C(=O)NC(=O)CC1NC(=O)C(NC(=O)CCC(C)C)C(C)c2ccc(cc2)Oc2cc(cc(Oc3ccc(CO)cc3Cl)c2OC2CC(O)CC(CO)O2)C(C=O)NC1=O. The zero-order valence-corrected chi connectivity index (χ0v) is 40.7. The number of nitrogens with one attached hydrogen (secondary N) is 4. The van der Waals surface area contributed by atoms with Gasteiger partial charge < -0.3 is 55.0 Å². The summed E-state index contributed by atoms with van der Waals surface area (Å²) in [5.41, 5.74) is 1.15. The van der Waals surface area contributed by atoms with Crippen LogP contribution in [0.5, 0.6) is 28.7 Å². The highest BCUT2D eigenvalue weighted by molar-refractivity contribution is 6.32. The van der Waals surface area contributed by atoms with Crippen molar-refractivity contribution in [3.8, 4) is 28.7 Å². The molecule has 17 nitrogen and oxygen atoms in total. The normalized spacial score (nSPS) is 22.1. The first-order chi connectivity index (χ1) is 33.0. The fourth-order valence-electron chi connectivity index (χ4n) is 8.01. The number of imide groups is 1. The third-order valence-corrected chi connectivity index (χ3v) is 12.5. The van der Waals surface area contributed by atoms with Gasteiger partial charge in [0, 0.05) is 31.1 Å². The van der Waals surface area contributed by atoms with Crippen LogP contribution in [-0.4, -0.2) is 88.3 Å². The van der Waals surface area contributed by atoms with E-state index in [-0.39, 0.29) is 71.1 Å². The summed E-state index contributed by atoms with van der Waals surface area (Å²) in [5.74, 6) is -4.52. The quantitative estimate of drug-likeness (QED) is 0.0469. The number of aliphatic hydroxyl groups excluding tert-OH is 3. The smallest absolute Gasteiger partial charge is 0.243 e. The van der Waals surface area contributed by atoms with Gasteiger partial charge in [0.25, 0.3) is 0 Å². The van der Waals surface area contributed by atoms with Crippen molar-refractivity contribution in [2.75, 3.05) is 6.61 Å². The lowest BCUT2D eigenvalue weighted by molar-refractivity contribution is -0.185. The molecule has 3 aliphatic heterocycles. The Labute approximate surface area is 408 Å². The Morgan fingerprint density at radius 3 is 2.30 bits per heavy atom. The Hall–Kier alpha value is -5.59. The van der Waals surface area contributed by atoms with Gasteiger partial charge in [-0.3, -0.25) is 29.3 Å². The van der Waals surface area contributed by atoms with Crippen molar-refractivity contribution >= 4 is 47.4 Å². The molecule has 3 heterocycles. The monoisotopic (exact) mass is 978 g/mol. The molecule has 3 aromatic rings. The minimum atomic E-state index is -1.66. The Balaban J connectivity index is 1.60. The van der Waals surface area contributed by atoms with Crippen LogP contribution in [0, 0.1) is 11.8 Å². The molecule has 0 aliphatic carbocycles. The highest BCUT2D eigenvalue weighted by atomic mass is 35.5. The molecule has 0 radical (unpaired) electrons. The van der Waals surface area contributed by atoms with Gasteiger partial charge in [-0.15, -0.1) is 0 Å². The number of carbonyl (C=O) groups is 6. The average molecular weight is 980 g/mol. The number of aliphatic hydroxyl groups is 3. The maximum atomic E-state index is 14.5. The van der Waals surface area contributed by atoms with Crippen molar-refractivity contribution < 1.29 is 63.0 Å². The maximum Gasteiger partial charge on any atom is 0.243 e. The van der Waals surface area contributed by atoms with E-state index in [2.05, 4.69) is 28.2 Å². The molecule has 0 saturated carbocycles. The van der Waals surface area contributed by atoms with Crippen LogP contribution in [0.4, 0.5) is 0 Å². The van der Waals surface area contributed by atoms with Crippen LogP contribution in [0.1, 0.15) is 134 Å². The average Bonchev–Trinajstić information content (AvgIpc) is 3.32. The first-order valence-electron chi connectivity index (χ1n) is 23.8. The Kier molecular flexibility index (Phi) is 20.8. The predicted octanol–water partition coefficient (Wildman–Crippen LogP) is 6.56. The van der Waals surface area contributed by atoms with Crippen molar-refractivity contribution in [3.05, 3.63) is 76.3 Å². The van der Waals surface area contributed by atoms with Gasteiger partial charge in [0.05, 0.1) is 36.9 Å². The number of amides is 5. The zero-order chi connectivity index (χ0) is 50.2. The van der Waals surface area contributed by atoms with Crippen LogP contribution in [0.25, 0.3) is 0 Å². The maximum absolute atomic E-state index is 14.5. The van der Waals surface area contributed by atoms with Crippen molar-refractivity contribution in [2.24, 2.45) is 11.8 Å². The van der Waals surface area contributed by atoms with Crippen LogP contribution in [-0.2, 0) is 40.1 Å². The number of hydrogen-bond acceptors (Lipinski definition) is 13. The summed E-state index contributed by atoms with van der Waals surface area (Å²) in [6.45, 7) is 8.75. The van der Waals surface area contributed by atoms with Gasteiger partial charge in [-0.1, -0.05) is 96.5 Å². The lowest BCUT2D eigenvalue weighted by atomic mass is 9.91. The van der Waals surface area contributed by atoms with Gasteiger partial charge in [0.2, 0.25) is 41.6 Å². The molecule has 376 valence electrons. The van der Waals surface area contributed by atoms with E-state index >= 15 is 0 Å². The van der Waals surface area contributed by atoms with Gasteiger partial charge >= 0.3 is 0 Å².